The lowest BCUT2D eigenvalue weighted by atomic mass is 9.99. The molecule has 7 nitrogen and oxygen atoms in total. The van der Waals surface area contributed by atoms with E-state index in [4.69, 9.17) is 4.52 Å². The van der Waals surface area contributed by atoms with Gasteiger partial charge in [0.1, 0.15) is 0 Å². The number of amides is 1. The highest BCUT2D eigenvalue weighted by molar-refractivity contribution is 5.79. The van der Waals surface area contributed by atoms with Gasteiger partial charge in [-0.15, -0.1) is 0 Å². The number of carbonyl (C=O) groups is 2. The summed E-state index contributed by atoms with van der Waals surface area (Å²) in [5, 5.41) is 13.2. The lowest BCUT2D eigenvalue weighted by molar-refractivity contribution is -0.142. The van der Waals surface area contributed by atoms with E-state index in [0.29, 0.717) is 30.6 Å². The van der Waals surface area contributed by atoms with Crippen molar-refractivity contribution in [2.45, 2.75) is 39.5 Å². The van der Waals surface area contributed by atoms with Crippen LogP contribution in [0.4, 0.5) is 0 Å². The summed E-state index contributed by atoms with van der Waals surface area (Å²) in [7, 11) is 0. The summed E-state index contributed by atoms with van der Waals surface area (Å²) in [6.45, 7) is 6.89. The van der Waals surface area contributed by atoms with Crippen LogP contribution in [-0.4, -0.2) is 45.1 Å². The third-order valence-corrected chi connectivity index (χ3v) is 5.14. The lowest BCUT2D eigenvalue weighted by Crippen LogP contribution is -2.30. The highest BCUT2D eigenvalue weighted by Gasteiger charge is 2.36. The van der Waals surface area contributed by atoms with E-state index < -0.39 is 11.9 Å². The Kier molecular flexibility index (Phi) is 5.58. The van der Waals surface area contributed by atoms with E-state index in [1.165, 1.54) is 5.56 Å². The number of carboxylic acids is 1. The normalized spacial score (nSPS) is 19.6. The highest BCUT2D eigenvalue weighted by atomic mass is 16.5. The topological polar surface area (TPSA) is 96.5 Å². The lowest BCUT2D eigenvalue weighted by Gasteiger charge is -2.15. The van der Waals surface area contributed by atoms with Crippen LogP contribution in [0.25, 0.3) is 11.4 Å². The molecule has 1 aromatic carbocycles. The molecule has 0 unspecified atom stereocenters. The molecule has 1 aliphatic heterocycles. The molecule has 1 aromatic heterocycles. The number of nitrogens with zero attached hydrogens (tertiary/aromatic N) is 3. The van der Waals surface area contributed by atoms with Gasteiger partial charge in [0, 0.05) is 31.5 Å². The summed E-state index contributed by atoms with van der Waals surface area (Å²) in [4.78, 5) is 29.5. The molecule has 144 valence electrons. The molecule has 2 aromatic rings. The largest absolute Gasteiger partial charge is 0.481 e. The van der Waals surface area contributed by atoms with Gasteiger partial charge in [-0.3, -0.25) is 9.59 Å². The zero-order chi connectivity index (χ0) is 19.6. The van der Waals surface area contributed by atoms with E-state index in [-0.39, 0.29) is 24.8 Å². The molecular weight excluding hydrogens is 346 g/mol. The number of aromatic nitrogens is 2. The van der Waals surface area contributed by atoms with Crippen molar-refractivity contribution in [3.05, 3.63) is 35.7 Å². The van der Waals surface area contributed by atoms with Crippen molar-refractivity contribution in [2.24, 2.45) is 11.8 Å². The molecule has 1 saturated heterocycles. The van der Waals surface area contributed by atoms with Crippen LogP contribution in [0.2, 0.25) is 0 Å². The molecule has 1 N–H and O–H groups in total. The van der Waals surface area contributed by atoms with Crippen molar-refractivity contribution >= 4 is 11.9 Å². The molecule has 1 aliphatic rings. The minimum Gasteiger partial charge on any atom is -0.481 e. The third-order valence-electron chi connectivity index (χ3n) is 5.14. The summed E-state index contributed by atoms with van der Waals surface area (Å²) in [6, 6.07) is 8.03. The molecule has 0 radical (unpaired) electrons. The number of rotatable bonds is 6. The molecule has 7 heteroatoms. The third kappa shape index (κ3) is 4.35. The molecule has 2 atom stereocenters. The van der Waals surface area contributed by atoms with Gasteiger partial charge in [0.2, 0.25) is 17.6 Å². The number of hydrogen-bond donors (Lipinski definition) is 1. The van der Waals surface area contributed by atoms with E-state index in [2.05, 4.69) is 24.0 Å². The van der Waals surface area contributed by atoms with Crippen LogP contribution in [0.3, 0.4) is 0 Å². The molecule has 0 bridgehead atoms. The van der Waals surface area contributed by atoms with E-state index in [1.807, 2.05) is 31.2 Å². The van der Waals surface area contributed by atoms with Crippen molar-refractivity contribution in [1.82, 2.24) is 15.0 Å². The molecule has 27 heavy (non-hydrogen) atoms. The molecule has 0 spiro atoms. The molecule has 3 rings (SSSR count). The molecule has 0 saturated carbocycles. The quantitative estimate of drug-likeness (QED) is 0.838. The average molecular weight is 371 g/mol. The Morgan fingerprint density at radius 2 is 1.96 bits per heavy atom. The van der Waals surface area contributed by atoms with Crippen LogP contribution >= 0.6 is 0 Å². The first-order chi connectivity index (χ1) is 12.8. The summed E-state index contributed by atoms with van der Waals surface area (Å²) in [6.07, 6.45) is 0.575. The van der Waals surface area contributed by atoms with E-state index >= 15 is 0 Å². The zero-order valence-electron chi connectivity index (χ0n) is 15.9. The van der Waals surface area contributed by atoms with E-state index in [1.54, 1.807) is 4.90 Å². The van der Waals surface area contributed by atoms with Crippen LogP contribution in [0.5, 0.6) is 0 Å². The second-order valence-electron chi connectivity index (χ2n) is 7.51. The van der Waals surface area contributed by atoms with Crippen molar-refractivity contribution in [2.75, 3.05) is 13.1 Å². The number of carboxylic acid groups (broad SMARTS) is 1. The summed E-state index contributed by atoms with van der Waals surface area (Å²) in [5.41, 5.74) is 2.12. The van der Waals surface area contributed by atoms with Gasteiger partial charge in [-0.2, -0.15) is 4.98 Å². The van der Waals surface area contributed by atoms with Crippen LogP contribution in [0.15, 0.2) is 28.8 Å². The smallest absolute Gasteiger partial charge is 0.308 e. The molecular formula is C20H25N3O4. The standard InChI is InChI=1S/C20H25N3O4/c1-12(2)14-4-6-15(7-5-14)19-21-17(27-22-19)8-9-18(24)23-10-13(3)16(11-23)20(25)26/h4-7,12-13,16H,8-11H2,1-3H3,(H,25,26)/t13-,16-/m1/s1. The Bertz CT molecular complexity index is 813. The van der Waals surface area contributed by atoms with Crippen molar-refractivity contribution < 1.29 is 19.2 Å². The van der Waals surface area contributed by atoms with Crippen molar-refractivity contribution in [3.8, 4) is 11.4 Å². The minimum atomic E-state index is -0.845. The zero-order valence-corrected chi connectivity index (χ0v) is 15.9. The van der Waals surface area contributed by atoms with Gasteiger partial charge >= 0.3 is 5.97 Å². The van der Waals surface area contributed by atoms with Gasteiger partial charge in [-0.05, 0) is 17.4 Å². The first-order valence-corrected chi connectivity index (χ1v) is 9.28. The number of aryl methyl sites for hydroxylation is 1. The fraction of sp³-hybridized carbons (Fsp3) is 0.500. The first kappa shape index (κ1) is 19.1. The number of carbonyl (C=O) groups excluding carboxylic acids is 1. The molecule has 2 heterocycles. The monoisotopic (exact) mass is 371 g/mol. The summed E-state index contributed by atoms with van der Waals surface area (Å²) in [5.74, 6) is -0.0655. The van der Waals surface area contributed by atoms with Gasteiger partial charge in [0.25, 0.3) is 0 Å². The van der Waals surface area contributed by atoms with Crippen LogP contribution in [0, 0.1) is 11.8 Å². The predicted octanol–water partition coefficient (Wildman–Crippen LogP) is 2.97. The highest BCUT2D eigenvalue weighted by Crippen LogP contribution is 2.24. The Balaban J connectivity index is 1.57. The van der Waals surface area contributed by atoms with Gasteiger partial charge in [0.15, 0.2) is 0 Å². The molecule has 1 fully saturated rings. The van der Waals surface area contributed by atoms with Crippen molar-refractivity contribution in [1.29, 1.82) is 0 Å². The number of aliphatic carboxylic acids is 1. The second kappa shape index (κ2) is 7.90. The van der Waals surface area contributed by atoms with Crippen LogP contribution in [-0.2, 0) is 16.0 Å². The maximum Gasteiger partial charge on any atom is 0.308 e. The van der Waals surface area contributed by atoms with E-state index in [0.717, 1.165) is 5.56 Å². The van der Waals surface area contributed by atoms with Crippen LogP contribution in [0.1, 0.15) is 44.6 Å². The summed E-state index contributed by atoms with van der Waals surface area (Å²) >= 11 is 0. The fourth-order valence-electron chi connectivity index (χ4n) is 3.35. The Morgan fingerprint density at radius 1 is 1.26 bits per heavy atom. The van der Waals surface area contributed by atoms with Gasteiger partial charge in [-0.25, -0.2) is 0 Å². The number of hydrogen-bond acceptors (Lipinski definition) is 5. The Morgan fingerprint density at radius 3 is 2.56 bits per heavy atom. The minimum absolute atomic E-state index is 0.0322. The Hall–Kier alpha value is -2.70. The maximum absolute atomic E-state index is 12.4. The van der Waals surface area contributed by atoms with Gasteiger partial charge in [0.05, 0.1) is 5.92 Å². The van der Waals surface area contributed by atoms with Crippen molar-refractivity contribution in [3.63, 3.8) is 0 Å². The van der Waals surface area contributed by atoms with E-state index in [9.17, 15) is 14.7 Å². The van der Waals surface area contributed by atoms with Crippen LogP contribution < -0.4 is 0 Å². The summed E-state index contributed by atoms with van der Waals surface area (Å²) < 4.78 is 5.26. The van der Waals surface area contributed by atoms with Gasteiger partial charge in [-0.1, -0.05) is 50.2 Å². The first-order valence-electron chi connectivity index (χ1n) is 9.28. The number of likely N-dealkylation sites (tertiary alicyclic amines) is 1. The SMILES string of the molecule is CC(C)c1ccc(-c2noc(CCC(=O)N3C[C@@H](C)[C@H](C(=O)O)C3)n2)cc1. The predicted molar refractivity (Wildman–Crippen MR) is 99.0 cm³/mol. The number of benzene rings is 1. The fourth-order valence-corrected chi connectivity index (χ4v) is 3.35. The van der Waals surface area contributed by atoms with Gasteiger partial charge < -0.3 is 14.5 Å². The molecule has 1 amide bonds. The molecule has 0 aliphatic carbocycles. The maximum atomic E-state index is 12.4. The average Bonchev–Trinajstić information content (AvgIpc) is 3.26. The second-order valence-corrected chi connectivity index (χ2v) is 7.51. The Labute approximate surface area is 158 Å².